The molecule has 0 bridgehead atoms. The van der Waals surface area contributed by atoms with Crippen LogP contribution in [0.25, 0.3) is 6.08 Å². The molecular weight excluding hydrogens is 168 g/mol. The number of hydrogen-bond donors (Lipinski definition) is 3. The van der Waals surface area contributed by atoms with Crippen LogP contribution in [-0.2, 0) is 0 Å². The van der Waals surface area contributed by atoms with E-state index in [1.54, 1.807) is 36.4 Å². The predicted octanol–water partition coefficient (Wildman–Crippen LogP) is 0.675. The highest BCUT2D eigenvalue weighted by molar-refractivity contribution is 5.49. The predicted molar refractivity (Wildman–Crippen MR) is 49.7 cm³/mol. The van der Waals surface area contributed by atoms with E-state index in [-0.39, 0.29) is 6.61 Å². The van der Waals surface area contributed by atoms with Gasteiger partial charge in [-0.05, 0) is 5.56 Å². The van der Waals surface area contributed by atoms with Gasteiger partial charge in [0.2, 0.25) is 0 Å². The number of aliphatic hydroxyl groups is 3. The topological polar surface area (TPSA) is 60.7 Å². The molecule has 3 heteroatoms. The second kappa shape index (κ2) is 4.77. The summed E-state index contributed by atoms with van der Waals surface area (Å²) in [6, 6.07) is 6.76. The minimum Gasteiger partial charge on any atom is -0.392 e. The molecule has 13 heavy (non-hydrogen) atoms. The van der Waals surface area contributed by atoms with Crippen molar-refractivity contribution in [3.63, 3.8) is 0 Å². The van der Waals surface area contributed by atoms with Crippen LogP contribution >= 0.6 is 0 Å². The molecule has 0 saturated heterocycles. The lowest BCUT2D eigenvalue weighted by atomic mass is 10.1. The Hall–Kier alpha value is -1.16. The molecule has 3 nitrogen and oxygen atoms in total. The van der Waals surface area contributed by atoms with E-state index in [0.29, 0.717) is 5.56 Å². The maximum atomic E-state index is 8.79. The van der Waals surface area contributed by atoms with Crippen molar-refractivity contribution in [1.82, 2.24) is 0 Å². The summed E-state index contributed by atoms with van der Waals surface area (Å²) < 4.78 is 0. The van der Waals surface area contributed by atoms with Gasteiger partial charge in [-0.1, -0.05) is 36.4 Å². The van der Waals surface area contributed by atoms with Crippen molar-refractivity contribution in [3.05, 3.63) is 41.5 Å². The third kappa shape index (κ3) is 2.99. The van der Waals surface area contributed by atoms with E-state index in [1.165, 1.54) is 0 Å². The smallest absolute Gasteiger partial charge is 0.178 e. The van der Waals surface area contributed by atoms with Crippen LogP contribution in [0.4, 0.5) is 0 Å². The molecule has 0 aliphatic rings. The Bertz CT molecular complexity index is 275. The molecule has 70 valence electrons. The Morgan fingerprint density at radius 1 is 1.15 bits per heavy atom. The molecule has 1 rings (SSSR count). The van der Waals surface area contributed by atoms with Gasteiger partial charge in [0, 0.05) is 5.56 Å². The van der Waals surface area contributed by atoms with Gasteiger partial charge in [0.1, 0.15) is 0 Å². The molecule has 0 aliphatic carbocycles. The van der Waals surface area contributed by atoms with Crippen LogP contribution in [0.2, 0.25) is 0 Å². The van der Waals surface area contributed by atoms with E-state index in [9.17, 15) is 0 Å². The van der Waals surface area contributed by atoms with Crippen molar-refractivity contribution in [1.29, 1.82) is 0 Å². The molecule has 0 radical (unpaired) electrons. The molecule has 1 aromatic carbocycles. The summed E-state index contributed by atoms with van der Waals surface area (Å²) in [5.74, 6) is 0. The van der Waals surface area contributed by atoms with Crippen LogP contribution in [0.15, 0.2) is 30.3 Å². The first-order valence-electron chi connectivity index (χ1n) is 3.97. The first-order valence-corrected chi connectivity index (χ1v) is 3.97. The number of hydrogen-bond acceptors (Lipinski definition) is 3. The molecule has 3 N–H and O–H groups in total. The number of aliphatic hydroxyl groups excluding tert-OH is 2. The second-order valence-corrected chi connectivity index (χ2v) is 2.63. The highest BCUT2D eigenvalue weighted by atomic mass is 16.5. The lowest BCUT2D eigenvalue weighted by Crippen LogP contribution is -1.93. The van der Waals surface area contributed by atoms with Gasteiger partial charge in [0.05, 0.1) is 6.61 Å². The maximum Gasteiger partial charge on any atom is 0.178 e. The number of benzene rings is 1. The van der Waals surface area contributed by atoms with E-state index in [0.717, 1.165) is 5.56 Å². The fourth-order valence-corrected chi connectivity index (χ4v) is 0.968. The molecule has 0 atom stereocenters. The van der Waals surface area contributed by atoms with Gasteiger partial charge in [-0.3, -0.25) is 0 Å². The van der Waals surface area contributed by atoms with E-state index >= 15 is 0 Å². The van der Waals surface area contributed by atoms with Crippen molar-refractivity contribution in [3.8, 4) is 0 Å². The first kappa shape index (κ1) is 9.92. The third-order valence-corrected chi connectivity index (χ3v) is 1.65. The van der Waals surface area contributed by atoms with Crippen molar-refractivity contribution in [2.24, 2.45) is 0 Å². The summed E-state index contributed by atoms with van der Waals surface area (Å²) in [5.41, 5.74) is 1.37. The lowest BCUT2D eigenvalue weighted by Gasteiger charge is -2.02. The van der Waals surface area contributed by atoms with E-state index in [4.69, 9.17) is 15.3 Å². The molecule has 0 spiro atoms. The van der Waals surface area contributed by atoms with Crippen LogP contribution in [0.3, 0.4) is 0 Å². The van der Waals surface area contributed by atoms with Gasteiger partial charge in [-0.15, -0.1) is 0 Å². The Labute approximate surface area is 76.6 Å². The van der Waals surface area contributed by atoms with Crippen LogP contribution in [0.5, 0.6) is 0 Å². The summed E-state index contributed by atoms with van der Waals surface area (Å²) in [6.07, 6.45) is 1.95. The van der Waals surface area contributed by atoms with Gasteiger partial charge < -0.3 is 15.3 Å². The van der Waals surface area contributed by atoms with Crippen molar-refractivity contribution in [2.45, 2.75) is 6.29 Å². The molecule has 1 aromatic rings. The fourth-order valence-electron chi connectivity index (χ4n) is 0.968. The van der Waals surface area contributed by atoms with Crippen LogP contribution in [-0.4, -0.2) is 21.9 Å². The minimum absolute atomic E-state index is 0.00434. The van der Waals surface area contributed by atoms with Crippen molar-refractivity contribution >= 4 is 6.08 Å². The zero-order valence-corrected chi connectivity index (χ0v) is 7.09. The molecular formula is C10H12O3. The summed E-state index contributed by atoms with van der Waals surface area (Å²) in [6.45, 7) is 0.00434. The lowest BCUT2D eigenvalue weighted by molar-refractivity contribution is -0.0424. The zero-order chi connectivity index (χ0) is 9.68. The highest BCUT2D eigenvalue weighted by Crippen LogP contribution is 2.11. The normalized spacial score (nSPS) is 11.4. The molecule has 0 aliphatic heterocycles. The second-order valence-electron chi connectivity index (χ2n) is 2.63. The highest BCUT2D eigenvalue weighted by Gasteiger charge is 1.99. The van der Waals surface area contributed by atoms with Gasteiger partial charge in [0.25, 0.3) is 0 Å². The third-order valence-electron chi connectivity index (χ3n) is 1.65. The zero-order valence-electron chi connectivity index (χ0n) is 7.09. The van der Waals surface area contributed by atoms with Crippen molar-refractivity contribution in [2.75, 3.05) is 6.61 Å². The fraction of sp³-hybridized carbons (Fsp3) is 0.200. The largest absolute Gasteiger partial charge is 0.392 e. The molecule has 0 aromatic heterocycles. The summed E-state index contributed by atoms with van der Waals surface area (Å²) in [5, 5.41) is 26.1. The standard InChI is InChI=1S/C10H12O3/c11-7-1-2-8-3-5-9(6-4-8)10(12)13/h1-6,10-13H,7H2/b2-1+. The Balaban J connectivity index is 2.75. The Morgan fingerprint density at radius 3 is 2.23 bits per heavy atom. The molecule has 0 heterocycles. The monoisotopic (exact) mass is 180 g/mol. The summed E-state index contributed by atoms with van der Waals surface area (Å²) >= 11 is 0. The SMILES string of the molecule is OC/C=C/c1ccc(C(O)O)cc1. The van der Waals surface area contributed by atoms with E-state index in [2.05, 4.69) is 0 Å². The van der Waals surface area contributed by atoms with Crippen LogP contribution in [0, 0.1) is 0 Å². The molecule has 0 amide bonds. The van der Waals surface area contributed by atoms with Crippen LogP contribution in [0.1, 0.15) is 17.4 Å². The van der Waals surface area contributed by atoms with Gasteiger partial charge >= 0.3 is 0 Å². The molecule has 0 fully saturated rings. The van der Waals surface area contributed by atoms with Gasteiger partial charge in [0.15, 0.2) is 6.29 Å². The summed E-state index contributed by atoms with van der Waals surface area (Å²) in [4.78, 5) is 0. The average Bonchev–Trinajstić information content (AvgIpc) is 2.15. The number of rotatable bonds is 3. The van der Waals surface area contributed by atoms with Gasteiger partial charge in [-0.25, -0.2) is 0 Å². The maximum absolute atomic E-state index is 8.79. The molecule has 0 saturated carbocycles. The van der Waals surface area contributed by atoms with E-state index < -0.39 is 6.29 Å². The average molecular weight is 180 g/mol. The van der Waals surface area contributed by atoms with Crippen LogP contribution < -0.4 is 0 Å². The Kier molecular flexibility index (Phi) is 3.64. The summed E-state index contributed by atoms with van der Waals surface area (Å²) in [7, 11) is 0. The first-order chi connectivity index (χ1) is 6.24. The Morgan fingerprint density at radius 2 is 1.77 bits per heavy atom. The molecule has 0 unspecified atom stereocenters. The quantitative estimate of drug-likeness (QED) is 0.599. The van der Waals surface area contributed by atoms with E-state index in [1.807, 2.05) is 0 Å². The minimum atomic E-state index is -1.42. The van der Waals surface area contributed by atoms with Crippen molar-refractivity contribution < 1.29 is 15.3 Å². The van der Waals surface area contributed by atoms with Gasteiger partial charge in [-0.2, -0.15) is 0 Å².